The van der Waals surface area contributed by atoms with E-state index in [1.54, 1.807) is 13.8 Å². The number of quaternary nitrogens is 1. The zero-order chi connectivity index (χ0) is 22.6. The summed E-state index contributed by atoms with van der Waals surface area (Å²) < 4.78 is 41.4. The molecule has 2 aromatic carbocycles. The lowest BCUT2D eigenvalue weighted by molar-refractivity contribution is -1.20. The van der Waals surface area contributed by atoms with E-state index in [9.17, 15) is 28.4 Å². The van der Waals surface area contributed by atoms with Crippen molar-refractivity contribution in [2.45, 2.75) is 20.8 Å². The topological polar surface area (TPSA) is 89.8 Å². The highest BCUT2D eigenvalue weighted by Crippen LogP contribution is 2.39. The van der Waals surface area contributed by atoms with Crippen LogP contribution >= 0.6 is 11.8 Å². The number of nitrogens with zero attached hydrogens (tertiary/aromatic N) is 1. The van der Waals surface area contributed by atoms with Gasteiger partial charge in [0.15, 0.2) is 11.6 Å². The Hall–Kier alpha value is -2.79. The number of carbonyl (C=O) groups is 1. The second-order valence-electron chi connectivity index (χ2n) is 6.37. The lowest BCUT2D eigenvalue weighted by Crippen LogP contribution is -2.45. The molecule has 0 fully saturated rings. The van der Waals surface area contributed by atoms with Crippen LogP contribution in [0.25, 0.3) is 4.91 Å². The van der Waals surface area contributed by atoms with Gasteiger partial charge in [0.2, 0.25) is 0 Å². The summed E-state index contributed by atoms with van der Waals surface area (Å²) in [5.74, 6) is -5.31. The van der Waals surface area contributed by atoms with E-state index in [4.69, 9.17) is 5.11 Å². The second-order valence-corrected chi connectivity index (χ2v) is 7.40. The SMILES string of the molecule is C/C=C(\SC(=C(C)C)c1ccc(F)cc1)[N+](O)(O)Nc1ccc(C(=O)O)c(F)c1F. The van der Waals surface area contributed by atoms with Gasteiger partial charge in [-0.15, -0.1) is 10.4 Å². The smallest absolute Gasteiger partial charge is 0.338 e. The maximum Gasteiger partial charge on any atom is 0.338 e. The Bertz CT molecular complexity index is 1020. The minimum Gasteiger partial charge on any atom is -0.478 e. The van der Waals surface area contributed by atoms with Gasteiger partial charge >= 0.3 is 5.97 Å². The minimum atomic E-state index is -2.04. The fourth-order valence-electron chi connectivity index (χ4n) is 2.48. The van der Waals surface area contributed by atoms with Gasteiger partial charge in [0.05, 0.1) is 10.5 Å². The first-order valence-corrected chi connectivity index (χ1v) is 9.41. The fraction of sp³-hybridized carbons (Fsp3) is 0.150. The number of aromatic carboxylic acids is 1. The first-order chi connectivity index (χ1) is 14.0. The Balaban J connectivity index is 2.35. The van der Waals surface area contributed by atoms with Crippen molar-refractivity contribution in [3.05, 3.63) is 81.7 Å². The van der Waals surface area contributed by atoms with Crippen molar-refractivity contribution in [2.75, 3.05) is 5.43 Å². The van der Waals surface area contributed by atoms with E-state index in [0.29, 0.717) is 10.5 Å². The molecule has 6 nitrogen and oxygen atoms in total. The first-order valence-electron chi connectivity index (χ1n) is 8.60. The predicted octanol–water partition coefficient (Wildman–Crippen LogP) is 5.77. The number of thioether (sulfide) groups is 1. The van der Waals surface area contributed by atoms with E-state index in [0.717, 1.165) is 29.5 Å². The molecule has 2 aromatic rings. The van der Waals surface area contributed by atoms with Crippen LogP contribution in [0.2, 0.25) is 0 Å². The van der Waals surface area contributed by atoms with Crippen LogP contribution < -0.4 is 5.43 Å². The van der Waals surface area contributed by atoms with Crippen LogP contribution in [-0.2, 0) is 0 Å². The third-order valence-electron chi connectivity index (χ3n) is 3.91. The highest BCUT2D eigenvalue weighted by atomic mass is 32.2. The monoisotopic (exact) mass is 441 g/mol. The van der Waals surface area contributed by atoms with Gasteiger partial charge in [-0.1, -0.05) is 17.7 Å². The van der Waals surface area contributed by atoms with Crippen LogP contribution in [0.15, 0.2) is 53.1 Å². The van der Waals surface area contributed by atoms with Crippen LogP contribution in [-0.4, -0.2) is 26.4 Å². The first kappa shape index (κ1) is 23.5. The average Bonchev–Trinajstić information content (AvgIpc) is 2.66. The molecule has 0 saturated carbocycles. The summed E-state index contributed by atoms with van der Waals surface area (Å²) in [7, 11) is 0. The van der Waals surface area contributed by atoms with Crippen molar-refractivity contribution >= 4 is 28.3 Å². The Morgan fingerprint density at radius 3 is 2.13 bits per heavy atom. The molecule has 2 rings (SSSR count). The number of rotatable bonds is 7. The molecule has 0 aromatic heterocycles. The number of nitrogens with one attached hydrogen (secondary N) is 1. The van der Waals surface area contributed by atoms with Crippen LogP contribution in [0.1, 0.15) is 36.7 Å². The molecule has 0 atom stereocenters. The maximum absolute atomic E-state index is 14.2. The van der Waals surface area contributed by atoms with Crippen molar-refractivity contribution in [1.29, 1.82) is 0 Å². The number of hydrogen-bond donors (Lipinski definition) is 4. The van der Waals surface area contributed by atoms with Crippen molar-refractivity contribution in [1.82, 2.24) is 0 Å². The van der Waals surface area contributed by atoms with E-state index in [1.165, 1.54) is 37.3 Å². The van der Waals surface area contributed by atoms with Gasteiger partial charge in [-0.2, -0.15) is 5.43 Å². The van der Waals surface area contributed by atoms with Gasteiger partial charge < -0.3 is 5.11 Å². The Morgan fingerprint density at radius 1 is 1.03 bits per heavy atom. The summed E-state index contributed by atoms with van der Waals surface area (Å²) in [4.78, 5) is 9.44. The maximum atomic E-state index is 14.2. The van der Waals surface area contributed by atoms with Gasteiger partial charge in [0.1, 0.15) is 11.5 Å². The molecule has 10 heteroatoms. The molecule has 0 heterocycles. The molecular formula is C20H20F3N2O4S+. The van der Waals surface area contributed by atoms with Gasteiger partial charge in [0.25, 0.3) is 5.03 Å². The molecule has 0 aliphatic heterocycles. The summed E-state index contributed by atoms with van der Waals surface area (Å²) in [5.41, 5.74) is 1.86. The number of benzene rings is 2. The predicted molar refractivity (Wildman–Crippen MR) is 107 cm³/mol. The van der Waals surface area contributed by atoms with E-state index in [1.807, 2.05) is 5.43 Å². The van der Waals surface area contributed by atoms with Crippen molar-refractivity contribution in [2.24, 2.45) is 0 Å². The molecule has 0 spiro atoms. The van der Waals surface area contributed by atoms with Crippen molar-refractivity contribution in [3.63, 3.8) is 0 Å². The second kappa shape index (κ2) is 9.35. The number of anilines is 1. The van der Waals surface area contributed by atoms with Gasteiger partial charge in [0, 0.05) is 4.91 Å². The summed E-state index contributed by atoms with van der Waals surface area (Å²) in [6.07, 6.45) is 1.34. The summed E-state index contributed by atoms with van der Waals surface area (Å²) in [6, 6.07) is 7.23. The molecule has 4 N–H and O–H groups in total. The number of hydroxylamine groups is 2. The average molecular weight is 441 g/mol. The van der Waals surface area contributed by atoms with Crippen molar-refractivity contribution in [3.8, 4) is 0 Å². The summed E-state index contributed by atoms with van der Waals surface area (Å²) in [5, 5.41) is 29.6. The van der Waals surface area contributed by atoms with Gasteiger partial charge in [-0.05, 0) is 68.4 Å². The summed E-state index contributed by atoms with van der Waals surface area (Å²) in [6.45, 7) is 5.05. The van der Waals surface area contributed by atoms with E-state index < -0.39 is 39.6 Å². The van der Waals surface area contributed by atoms with E-state index in [-0.39, 0.29) is 5.03 Å². The summed E-state index contributed by atoms with van der Waals surface area (Å²) >= 11 is 0.919. The Kier molecular flexibility index (Phi) is 7.32. The number of hydrogen-bond acceptors (Lipinski definition) is 5. The molecule has 30 heavy (non-hydrogen) atoms. The minimum absolute atomic E-state index is 0.127. The standard InChI is InChI=1S/C20H19F3N2O4S/c1-4-16(30-19(11(2)3)12-5-7-13(21)8-6-12)25(28,29)24-15-10-9-14(20(26)27)17(22)18(15)23/h4-10,24,28-29H,1-3H3/p+1/b16-4-. The zero-order valence-electron chi connectivity index (χ0n) is 16.3. The molecule has 160 valence electrons. The molecule has 0 radical (unpaired) electrons. The quantitative estimate of drug-likeness (QED) is 0.322. The number of allylic oxidation sites excluding steroid dienone is 2. The van der Waals surface area contributed by atoms with Gasteiger partial charge in [-0.3, -0.25) is 0 Å². The van der Waals surface area contributed by atoms with Crippen molar-refractivity contribution < 1.29 is 38.4 Å². The molecule has 0 bridgehead atoms. The normalized spacial score (nSPS) is 11.9. The Morgan fingerprint density at radius 2 is 1.63 bits per heavy atom. The highest BCUT2D eigenvalue weighted by Gasteiger charge is 2.34. The highest BCUT2D eigenvalue weighted by molar-refractivity contribution is 8.11. The third kappa shape index (κ3) is 5.22. The lowest BCUT2D eigenvalue weighted by Gasteiger charge is -2.24. The molecule has 0 unspecified atom stereocenters. The number of halogens is 3. The van der Waals surface area contributed by atoms with E-state index >= 15 is 0 Å². The zero-order valence-corrected chi connectivity index (χ0v) is 17.1. The van der Waals surface area contributed by atoms with Crippen LogP contribution in [0.4, 0.5) is 18.9 Å². The Labute approximate surface area is 175 Å². The fourth-order valence-corrected chi connectivity index (χ4v) is 3.44. The van der Waals surface area contributed by atoms with Crippen LogP contribution in [0.3, 0.4) is 0 Å². The number of carboxylic acid groups (broad SMARTS) is 1. The van der Waals surface area contributed by atoms with E-state index in [2.05, 4.69) is 0 Å². The largest absolute Gasteiger partial charge is 0.478 e. The molecule has 0 amide bonds. The lowest BCUT2D eigenvalue weighted by atomic mass is 10.1. The number of carboxylic acids is 1. The van der Waals surface area contributed by atoms with Gasteiger partial charge in [-0.25, -0.2) is 18.0 Å². The van der Waals surface area contributed by atoms with Crippen LogP contribution in [0, 0.1) is 17.5 Å². The molecule has 0 saturated heterocycles. The van der Waals surface area contributed by atoms with Crippen LogP contribution in [0.5, 0.6) is 0 Å². The molecule has 0 aliphatic rings. The molecular weight excluding hydrogens is 421 g/mol. The molecule has 0 aliphatic carbocycles. The third-order valence-corrected chi connectivity index (χ3v) is 5.46.